The summed E-state index contributed by atoms with van der Waals surface area (Å²) in [4.78, 5) is 4.50. The van der Waals surface area contributed by atoms with Gasteiger partial charge in [-0.15, -0.1) is 0 Å². The Morgan fingerprint density at radius 1 is 1.29 bits per heavy atom. The van der Waals surface area contributed by atoms with Gasteiger partial charge < -0.3 is 10.6 Å². The molecular formula is C14H21N3. The number of guanidine groups is 1. The van der Waals surface area contributed by atoms with E-state index in [0.29, 0.717) is 11.8 Å². The SMILES string of the molecule is CC(C)C(C)CNC1=NCc2ccccc2N1. The molecule has 17 heavy (non-hydrogen) atoms. The maximum Gasteiger partial charge on any atom is 0.196 e. The molecule has 2 rings (SSSR count). The number of fused-ring (bicyclic) bond motifs is 1. The number of benzene rings is 1. The average molecular weight is 231 g/mol. The Morgan fingerprint density at radius 2 is 2.06 bits per heavy atom. The molecule has 0 fully saturated rings. The normalized spacial score (nSPS) is 15.9. The predicted octanol–water partition coefficient (Wildman–Crippen LogP) is 2.85. The quantitative estimate of drug-likeness (QED) is 0.839. The molecule has 0 radical (unpaired) electrons. The van der Waals surface area contributed by atoms with Crippen LogP contribution in [0.25, 0.3) is 0 Å². The summed E-state index contributed by atoms with van der Waals surface area (Å²) >= 11 is 0. The van der Waals surface area contributed by atoms with Crippen molar-refractivity contribution in [3.63, 3.8) is 0 Å². The molecule has 0 saturated carbocycles. The fourth-order valence-corrected chi connectivity index (χ4v) is 1.70. The summed E-state index contributed by atoms with van der Waals surface area (Å²) in [7, 11) is 0. The maximum atomic E-state index is 4.50. The number of nitrogens with one attached hydrogen (secondary N) is 2. The molecule has 0 aromatic heterocycles. The molecule has 1 aliphatic rings. The van der Waals surface area contributed by atoms with Crippen LogP contribution in [0.4, 0.5) is 5.69 Å². The van der Waals surface area contributed by atoms with Crippen molar-refractivity contribution in [1.29, 1.82) is 0 Å². The molecule has 1 aromatic rings. The Labute approximate surface area is 103 Å². The molecule has 3 nitrogen and oxygen atoms in total. The van der Waals surface area contributed by atoms with Gasteiger partial charge in [-0.25, -0.2) is 4.99 Å². The van der Waals surface area contributed by atoms with Crippen LogP contribution >= 0.6 is 0 Å². The second kappa shape index (κ2) is 5.21. The van der Waals surface area contributed by atoms with Crippen molar-refractivity contribution in [3.05, 3.63) is 29.8 Å². The minimum atomic E-state index is 0.650. The number of para-hydroxylation sites is 1. The summed E-state index contributed by atoms with van der Waals surface area (Å²) < 4.78 is 0. The van der Waals surface area contributed by atoms with Gasteiger partial charge in [0.15, 0.2) is 5.96 Å². The van der Waals surface area contributed by atoms with E-state index in [2.05, 4.69) is 54.6 Å². The fourth-order valence-electron chi connectivity index (χ4n) is 1.70. The molecular weight excluding hydrogens is 210 g/mol. The monoisotopic (exact) mass is 231 g/mol. The van der Waals surface area contributed by atoms with Crippen molar-refractivity contribution in [3.8, 4) is 0 Å². The lowest BCUT2D eigenvalue weighted by molar-refractivity contribution is 0.415. The van der Waals surface area contributed by atoms with Gasteiger partial charge in [0.1, 0.15) is 0 Å². The first-order valence-corrected chi connectivity index (χ1v) is 6.30. The average Bonchev–Trinajstić information content (AvgIpc) is 2.35. The molecule has 1 aromatic carbocycles. The van der Waals surface area contributed by atoms with Crippen LogP contribution < -0.4 is 10.6 Å². The Hall–Kier alpha value is -1.51. The third kappa shape index (κ3) is 2.99. The van der Waals surface area contributed by atoms with Gasteiger partial charge in [-0.2, -0.15) is 0 Å². The first-order valence-electron chi connectivity index (χ1n) is 6.30. The van der Waals surface area contributed by atoms with Crippen LogP contribution in [0.1, 0.15) is 26.3 Å². The van der Waals surface area contributed by atoms with Gasteiger partial charge in [-0.05, 0) is 23.5 Å². The van der Waals surface area contributed by atoms with Gasteiger partial charge in [-0.1, -0.05) is 39.0 Å². The topological polar surface area (TPSA) is 36.4 Å². The second-order valence-corrected chi connectivity index (χ2v) is 5.05. The minimum absolute atomic E-state index is 0.650. The van der Waals surface area contributed by atoms with Crippen molar-refractivity contribution in [2.45, 2.75) is 27.3 Å². The summed E-state index contributed by atoms with van der Waals surface area (Å²) in [6.07, 6.45) is 0. The minimum Gasteiger partial charge on any atom is -0.356 e. The highest BCUT2D eigenvalue weighted by molar-refractivity contribution is 5.95. The second-order valence-electron chi connectivity index (χ2n) is 5.05. The van der Waals surface area contributed by atoms with Crippen molar-refractivity contribution in [2.24, 2.45) is 16.8 Å². The van der Waals surface area contributed by atoms with E-state index in [1.807, 2.05) is 6.07 Å². The van der Waals surface area contributed by atoms with E-state index in [1.54, 1.807) is 0 Å². The van der Waals surface area contributed by atoms with Gasteiger partial charge in [0.05, 0.1) is 6.54 Å². The van der Waals surface area contributed by atoms with Crippen LogP contribution in [0, 0.1) is 11.8 Å². The van der Waals surface area contributed by atoms with Crippen molar-refractivity contribution < 1.29 is 0 Å². The van der Waals surface area contributed by atoms with E-state index in [9.17, 15) is 0 Å². The molecule has 1 unspecified atom stereocenters. The molecule has 1 atom stereocenters. The zero-order valence-electron chi connectivity index (χ0n) is 10.8. The number of hydrogen-bond donors (Lipinski definition) is 2. The number of nitrogens with zero attached hydrogens (tertiary/aromatic N) is 1. The van der Waals surface area contributed by atoms with E-state index >= 15 is 0 Å². The van der Waals surface area contributed by atoms with Gasteiger partial charge in [-0.3, -0.25) is 0 Å². The lowest BCUT2D eigenvalue weighted by atomic mass is 9.98. The van der Waals surface area contributed by atoms with Crippen LogP contribution in [0.3, 0.4) is 0 Å². The molecule has 0 amide bonds. The summed E-state index contributed by atoms with van der Waals surface area (Å²) in [5, 5.41) is 6.71. The van der Waals surface area contributed by atoms with Crippen molar-refractivity contribution >= 4 is 11.6 Å². The molecule has 0 saturated heterocycles. The standard InChI is InChI=1S/C14H21N3/c1-10(2)11(3)8-15-14-16-9-12-6-4-5-7-13(12)17-14/h4-7,10-11H,8-9H2,1-3H3,(H2,15,16,17). The van der Waals surface area contributed by atoms with E-state index in [1.165, 1.54) is 11.3 Å². The van der Waals surface area contributed by atoms with E-state index in [-0.39, 0.29) is 0 Å². The van der Waals surface area contributed by atoms with Crippen LogP contribution in [0.2, 0.25) is 0 Å². The Bertz CT molecular complexity index is 410. The zero-order chi connectivity index (χ0) is 12.3. The predicted molar refractivity (Wildman–Crippen MR) is 73.2 cm³/mol. The first kappa shape index (κ1) is 12.0. The third-order valence-corrected chi connectivity index (χ3v) is 3.41. The first-order chi connectivity index (χ1) is 8.16. The van der Waals surface area contributed by atoms with Crippen molar-refractivity contribution in [1.82, 2.24) is 5.32 Å². The van der Waals surface area contributed by atoms with Crippen LogP contribution in [-0.4, -0.2) is 12.5 Å². The molecule has 2 N–H and O–H groups in total. The number of anilines is 1. The molecule has 0 aliphatic carbocycles. The third-order valence-electron chi connectivity index (χ3n) is 3.41. The number of aliphatic imine (C=N–C) groups is 1. The van der Waals surface area contributed by atoms with Gasteiger partial charge in [0.2, 0.25) is 0 Å². The molecule has 1 heterocycles. The van der Waals surface area contributed by atoms with E-state index in [0.717, 1.165) is 19.0 Å². The number of rotatable bonds is 3. The van der Waals surface area contributed by atoms with E-state index in [4.69, 9.17) is 0 Å². The van der Waals surface area contributed by atoms with Crippen LogP contribution in [0.15, 0.2) is 29.3 Å². The van der Waals surface area contributed by atoms with Crippen LogP contribution in [0.5, 0.6) is 0 Å². The maximum absolute atomic E-state index is 4.50. The summed E-state index contributed by atoms with van der Waals surface area (Å²) in [5.74, 6) is 2.24. The molecule has 92 valence electrons. The van der Waals surface area contributed by atoms with Crippen LogP contribution in [-0.2, 0) is 6.54 Å². The molecule has 3 heteroatoms. The highest BCUT2D eigenvalue weighted by Crippen LogP contribution is 2.19. The lowest BCUT2D eigenvalue weighted by Gasteiger charge is -2.22. The zero-order valence-corrected chi connectivity index (χ0v) is 10.8. The van der Waals surface area contributed by atoms with E-state index < -0.39 is 0 Å². The Balaban J connectivity index is 1.91. The Kier molecular flexibility index (Phi) is 3.67. The lowest BCUT2D eigenvalue weighted by Crippen LogP contribution is -2.36. The number of hydrogen-bond acceptors (Lipinski definition) is 3. The largest absolute Gasteiger partial charge is 0.356 e. The van der Waals surface area contributed by atoms with Gasteiger partial charge >= 0.3 is 0 Å². The van der Waals surface area contributed by atoms with Gasteiger partial charge in [0, 0.05) is 12.2 Å². The smallest absolute Gasteiger partial charge is 0.196 e. The summed E-state index contributed by atoms with van der Waals surface area (Å²) in [6, 6.07) is 8.30. The molecule has 0 bridgehead atoms. The summed E-state index contributed by atoms with van der Waals surface area (Å²) in [6.45, 7) is 8.48. The van der Waals surface area contributed by atoms with Gasteiger partial charge in [0.25, 0.3) is 0 Å². The fraction of sp³-hybridized carbons (Fsp3) is 0.500. The highest BCUT2D eigenvalue weighted by Gasteiger charge is 2.12. The van der Waals surface area contributed by atoms with Crippen molar-refractivity contribution in [2.75, 3.05) is 11.9 Å². The molecule has 0 spiro atoms. The highest BCUT2D eigenvalue weighted by atomic mass is 15.2. The summed E-state index contributed by atoms with van der Waals surface area (Å²) in [5.41, 5.74) is 2.43. The molecule has 1 aliphatic heterocycles. The Morgan fingerprint density at radius 3 is 2.82 bits per heavy atom.